The van der Waals surface area contributed by atoms with Gasteiger partial charge < -0.3 is 9.47 Å². The summed E-state index contributed by atoms with van der Waals surface area (Å²) in [6.07, 6.45) is 0.971. The monoisotopic (exact) mass is 459 g/mol. The first-order chi connectivity index (χ1) is 15.1. The van der Waals surface area contributed by atoms with Gasteiger partial charge in [0, 0.05) is 17.7 Å². The highest BCUT2D eigenvalue weighted by molar-refractivity contribution is 7.89. The van der Waals surface area contributed by atoms with Gasteiger partial charge in [0.1, 0.15) is 18.4 Å². The fourth-order valence-electron chi connectivity index (χ4n) is 4.31. The van der Waals surface area contributed by atoms with Crippen LogP contribution in [-0.2, 0) is 26.2 Å². The highest BCUT2D eigenvalue weighted by atomic mass is 32.2. The zero-order chi connectivity index (χ0) is 23.6. The molecule has 1 atom stereocenters. The van der Waals surface area contributed by atoms with Crippen molar-refractivity contribution in [2.45, 2.75) is 58.1 Å². The number of ether oxygens (including phenoxy) is 2. The number of sulfonamides is 1. The Morgan fingerprint density at radius 1 is 1.09 bits per heavy atom. The van der Waals surface area contributed by atoms with Crippen LogP contribution >= 0.6 is 0 Å². The molecule has 8 heteroatoms. The van der Waals surface area contributed by atoms with E-state index in [0.717, 1.165) is 5.56 Å². The second-order valence-corrected chi connectivity index (χ2v) is 10.0. The van der Waals surface area contributed by atoms with Crippen LogP contribution in [-0.4, -0.2) is 44.2 Å². The Morgan fingerprint density at radius 3 is 2.34 bits per heavy atom. The lowest BCUT2D eigenvalue weighted by atomic mass is 10.1. The number of rotatable bonds is 7. The molecule has 0 bridgehead atoms. The lowest BCUT2D eigenvalue weighted by Gasteiger charge is -2.25. The highest BCUT2D eigenvalue weighted by Crippen LogP contribution is 2.31. The number of carbonyl (C=O) groups is 2. The lowest BCUT2D eigenvalue weighted by Crippen LogP contribution is -2.41. The van der Waals surface area contributed by atoms with E-state index in [1.54, 1.807) is 32.0 Å². The maximum atomic E-state index is 13.5. The minimum Gasteiger partial charge on any atom is -0.496 e. The maximum Gasteiger partial charge on any atom is 0.324 e. The van der Waals surface area contributed by atoms with Crippen molar-refractivity contribution < 1.29 is 27.5 Å². The van der Waals surface area contributed by atoms with Gasteiger partial charge in [-0.3, -0.25) is 9.59 Å². The van der Waals surface area contributed by atoms with Crippen LogP contribution in [0.5, 0.6) is 5.75 Å². The summed E-state index contributed by atoms with van der Waals surface area (Å²) in [7, 11) is -2.37. The van der Waals surface area contributed by atoms with E-state index in [9.17, 15) is 18.0 Å². The van der Waals surface area contributed by atoms with Crippen molar-refractivity contribution in [2.75, 3.05) is 13.7 Å². The molecule has 1 unspecified atom stereocenters. The number of nitrogens with zero attached hydrogens (tertiary/aromatic N) is 1. The molecule has 1 aliphatic heterocycles. The van der Waals surface area contributed by atoms with E-state index in [0.29, 0.717) is 40.8 Å². The van der Waals surface area contributed by atoms with E-state index in [1.165, 1.54) is 18.3 Å². The summed E-state index contributed by atoms with van der Waals surface area (Å²) in [5.74, 6) is -0.231. The predicted octanol–water partition coefficient (Wildman–Crippen LogP) is 3.72. The van der Waals surface area contributed by atoms with Crippen LogP contribution in [0, 0.1) is 20.8 Å². The van der Waals surface area contributed by atoms with Crippen LogP contribution < -0.4 is 4.74 Å². The van der Waals surface area contributed by atoms with Crippen LogP contribution in [0.3, 0.4) is 0 Å². The number of hydrogen-bond donors (Lipinski definition) is 0. The molecule has 0 radical (unpaired) electrons. The first-order valence-corrected chi connectivity index (χ1v) is 11.9. The predicted molar refractivity (Wildman–Crippen MR) is 120 cm³/mol. The van der Waals surface area contributed by atoms with Crippen LogP contribution in [0.15, 0.2) is 35.2 Å². The Labute approximate surface area is 189 Å². The summed E-state index contributed by atoms with van der Waals surface area (Å²) in [4.78, 5) is 24.8. The van der Waals surface area contributed by atoms with Gasteiger partial charge in [-0.25, -0.2) is 8.42 Å². The van der Waals surface area contributed by atoms with Crippen LogP contribution in [0.4, 0.5) is 0 Å². The molecule has 0 N–H and O–H groups in total. The van der Waals surface area contributed by atoms with Gasteiger partial charge in [0.15, 0.2) is 5.78 Å². The van der Waals surface area contributed by atoms with Gasteiger partial charge in [0.25, 0.3) is 0 Å². The van der Waals surface area contributed by atoms with Gasteiger partial charge >= 0.3 is 5.97 Å². The van der Waals surface area contributed by atoms with E-state index in [2.05, 4.69) is 0 Å². The number of aryl methyl sites for hydroxylation is 3. The second kappa shape index (κ2) is 9.42. The maximum absolute atomic E-state index is 13.5. The van der Waals surface area contributed by atoms with Crippen LogP contribution in [0.2, 0.25) is 0 Å². The third kappa shape index (κ3) is 4.71. The normalized spacial score (nSPS) is 16.7. The van der Waals surface area contributed by atoms with Gasteiger partial charge in [0.2, 0.25) is 10.0 Å². The molecule has 2 aromatic carbocycles. The van der Waals surface area contributed by atoms with E-state index in [-0.39, 0.29) is 23.8 Å². The molecule has 32 heavy (non-hydrogen) atoms. The van der Waals surface area contributed by atoms with Crippen molar-refractivity contribution in [3.8, 4) is 5.75 Å². The standard InChI is InChI=1S/C24H29NO6S/c1-15-11-16(2)23(17(3)12-15)32(28,29)25-10-6-7-21(25)24(27)31-14-20-13-19(18(4)26)8-9-22(20)30-5/h8-9,11-13,21H,6-7,10,14H2,1-5H3. The molecule has 7 nitrogen and oxygen atoms in total. The van der Waals surface area contributed by atoms with Crippen molar-refractivity contribution in [1.82, 2.24) is 4.31 Å². The van der Waals surface area contributed by atoms with Crippen molar-refractivity contribution >= 4 is 21.8 Å². The van der Waals surface area contributed by atoms with Crippen molar-refractivity contribution in [2.24, 2.45) is 0 Å². The molecule has 1 heterocycles. The summed E-state index contributed by atoms with van der Waals surface area (Å²) in [6, 6.07) is 7.69. The van der Waals surface area contributed by atoms with E-state index >= 15 is 0 Å². The number of hydrogen-bond acceptors (Lipinski definition) is 6. The van der Waals surface area contributed by atoms with Gasteiger partial charge in [-0.1, -0.05) is 17.7 Å². The molecule has 3 rings (SSSR count). The van der Waals surface area contributed by atoms with E-state index in [4.69, 9.17) is 9.47 Å². The molecule has 2 aromatic rings. The van der Waals surface area contributed by atoms with Crippen molar-refractivity contribution in [1.29, 1.82) is 0 Å². The minimum absolute atomic E-state index is 0.114. The number of carbonyl (C=O) groups excluding carboxylic acids is 2. The Kier molecular flexibility index (Phi) is 7.05. The summed E-state index contributed by atoms with van der Waals surface area (Å²) in [5, 5.41) is 0. The molecule has 0 saturated carbocycles. The minimum atomic E-state index is -3.86. The molecule has 1 fully saturated rings. The Balaban J connectivity index is 1.83. The SMILES string of the molecule is COc1ccc(C(C)=O)cc1COC(=O)C1CCCN1S(=O)(=O)c1c(C)cc(C)cc1C. The second-order valence-electron chi connectivity index (χ2n) is 8.19. The molecule has 0 aliphatic carbocycles. The molecule has 1 aliphatic rings. The zero-order valence-electron chi connectivity index (χ0n) is 19.1. The summed E-state index contributed by atoms with van der Waals surface area (Å²) in [5.41, 5.74) is 3.33. The summed E-state index contributed by atoms with van der Waals surface area (Å²) < 4.78 is 39.0. The molecular formula is C24H29NO6S. The Morgan fingerprint density at radius 2 is 1.75 bits per heavy atom. The molecule has 0 aromatic heterocycles. The van der Waals surface area contributed by atoms with Gasteiger partial charge in [-0.05, 0) is 69.9 Å². The highest BCUT2D eigenvalue weighted by Gasteiger charge is 2.41. The largest absolute Gasteiger partial charge is 0.496 e. The summed E-state index contributed by atoms with van der Waals surface area (Å²) >= 11 is 0. The smallest absolute Gasteiger partial charge is 0.324 e. The first-order valence-electron chi connectivity index (χ1n) is 10.5. The average Bonchev–Trinajstić information content (AvgIpc) is 3.21. The van der Waals surface area contributed by atoms with E-state index in [1.807, 2.05) is 19.1 Å². The summed E-state index contributed by atoms with van der Waals surface area (Å²) in [6.45, 7) is 7.05. The Hall–Kier alpha value is -2.71. The third-order valence-electron chi connectivity index (χ3n) is 5.70. The van der Waals surface area contributed by atoms with Gasteiger partial charge in [-0.2, -0.15) is 4.31 Å². The van der Waals surface area contributed by atoms with Gasteiger partial charge in [-0.15, -0.1) is 0 Å². The topological polar surface area (TPSA) is 90.0 Å². The number of benzene rings is 2. The number of Topliss-reactive ketones (excluding diaryl/α,β-unsaturated/α-hetero) is 1. The Bertz CT molecular complexity index is 1130. The molecule has 0 amide bonds. The quantitative estimate of drug-likeness (QED) is 0.463. The van der Waals surface area contributed by atoms with E-state index < -0.39 is 22.0 Å². The fraction of sp³-hybridized carbons (Fsp3) is 0.417. The average molecular weight is 460 g/mol. The molecule has 172 valence electrons. The lowest BCUT2D eigenvalue weighted by molar-refractivity contribution is -0.148. The number of ketones is 1. The third-order valence-corrected chi connectivity index (χ3v) is 7.92. The van der Waals surface area contributed by atoms with Crippen molar-refractivity contribution in [3.63, 3.8) is 0 Å². The van der Waals surface area contributed by atoms with Crippen LogP contribution in [0.25, 0.3) is 0 Å². The zero-order valence-corrected chi connectivity index (χ0v) is 19.9. The molecule has 1 saturated heterocycles. The number of esters is 1. The molecule has 0 spiro atoms. The van der Waals surface area contributed by atoms with Crippen molar-refractivity contribution in [3.05, 3.63) is 58.1 Å². The number of methoxy groups -OCH3 is 1. The first kappa shape index (κ1) is 23.9. The fourth-order valence-corrected chi connectivity index (χ4v) is 6.37. The van der Waals surface area contributed by atoms with Gasteiger partial charge in [0.05, 0.1) is 12.0 Å². The van der Waals surface area contributed by atoms with Crippen LogP contribution in [0.1, 0.15) is 52.4 Å². The molecular weight excluding hydrogens is 430 g/mol.